The summed E-state index contributed by atoms with van der Waals surface area (Å²) in [4.78, 5) is 12.2. The molecule has 0 atom stereocenters. The SMILES string of the molecule is CN(CCNc1nc(NN)nc2sccc12)C1CCCC1. The average Bonchev–Trinajstić information content (AvgIpc) is 3.17. The van der Waals surface area contributed by atoms with Crippen LogP contribution in [0.4, 0.5) is 11.8 Å². The van der Waals surface area contributed by atoms with E-state index in [9.17, 15) is 0 Å². The minimum atomic E-state index is 0.455. The smallest absolute Gasteiger partial charge is 0.240 e. The molecular formula is C14H22N6S. The Kier molecular flexibility index (Phi) is 4.52. The van der Waals surface area contributed by atoms with Crippen molar-refractivity contribution in [3.63, 3.8) is 0 Å². The minimum absolute atomic E-state index is 0.455. The molecular weight excluding hydrogens is 284 g/mol. The van der Waals surface area contributed by atoms with Crippen LogP contribution in [0.15, 0.2) is 11.4 Å². The zero-order valence-corrected chi connectivity index (χ0v) is 13.1. The Morgan fingerprint density at radius 3 is 2.95 bits per heavy atom. The maximum atomic E-state index is 5.43. The monoisotopic (exact) mass is 306 g/mol. The second-order valence-corrected chi connectivity index (χ2v) is 6.42. The summed E-state index contributed by atoms with van der Waals surface area (Å²) < 4.78 is 0. The molecule has 0 spiro atoms. The number of nitrogen functional groups attached to an aromatic ring is 1. The Morgan fingerprint density at radius 2 is 2.19 bits per heavy atom. The van der Waals surface area contributed by atoms with Crippen LogP contribution >= 0.6 is 11.3 Å². The van der Waals surface area contributed by atoms with Gasteiger partial charge in [0.15, 0.2) is 0 Å². The predicted molar refractivity (Wildman–Crippen MR) is 88.6 cm³/mol. The third-order valence-electron chi connectivity index (χ3n) is 4.16. The van der Waals surface area contributed by atoms with Gasteiger partial charge in [-0.3, -0.25) is 5.43 Å². The van der Waals surface area contributed by atoms with Crippen molar-refractivity contribution in [3.05, 3.63) is 11.4 Å². The van der Waals surface area contributed by atoms with Crippen molar-refractivity contribution in [3.8, 4) is 0 Å². The number of hydrogen-bond acceptors (Lipinski definition) is 7. The number of aromatic nitrogens is 2. The lowest BCUT2D eigenvalue weighted by atomic mass is 10.2. The number of hydrogen-bond donors (Lipinski definition) is 3. The van der Waals surface area contributed by atoms with Crippen LogP contribution in [-0.4, -0.2) is 41.0 Å². The van der Waals surface area contributed by atoms with E-state index < -0.39 is 0 Å². The third-order valence-corrected chi connectivity index (χ3v) is 4.97. The summed E-state index contributed by atoms with van der Waals surface area (Å²) in [7, 11) is 2.21. The van der Waals surface area contributed by atoms with Crippen molar-refractivity contribution in [2.24, 2.45) is 5.84 Å². The van der Waals surface area contributed by atoms with Crippen LogP contribution in [0.25, 0.3) is 10.2 Å². The van der Waals surface area contributed by atoms with E-state index in [4.69, 9.17) is 5.84 Å². The van der Waals surface area contributed by atoms with Crippen molar-refractivity contribution < 1.29 is 0 Å². The fraction of sp³-hybridized carbons (Fsp3) is 0.571. The molecule has 4 N–H and O–H groups in total. The summed E-state index contributed by atoms with van der Waals surface area (Å²) in [5.41, 5.74) is 2.53. The van der Waals surface area contributed by atoms with E-state index in [1.54, 1.807) is 11.3 Å². The van der Waals surface area contributed by atoms with Crippen LogP contribution in [0.3, 0.4) is 0 Å². The summed E-state index contributed by atoms with van der Waals surface area (Å²) in [6.07, 6.45) is 5.41. The van der Waals surface area contributed by atoms with Gasteiger partial charge in [-0.1, -0.05) is 12.8 Å². The molecule has 0 unspecified atom stereocenters. The van der Waals surface area contributed by atoms with Crippen LogP contribution in [0.2, 0.25) is 0 Å². The lowest BCUT2D eigenvalue weighted by Gasteiger charge is -2.24. The number of likely N-dealkylation sites (N-methyl/N-ethyl adjacent to an activating group) is 1. The van der Waals surface area contributed by atoms with Gasteiger partial charge >= 0.3 is 0 Å². The first kappa shape index (κ1) is 14.5. The van der Waals surface area contributed by atoms with Crippen LogP contribution in [-0.2, 0) is 0 Å². The van der Waals surface area contributed by atoms with Gasteiger partial charge in [-0.15, -0.1) is 11.3 Å². The number of hydrazine groups is 1. The topological polar surface area (TPSA) is 79.1 Å². The highest BCUT2D eigenvalue weighted by atomic mass is 32.1. The molecule has 21 heavy (non-hydrogen) atoms. The molecule has 0 saturated heterocycles. The largest absolute Gasteiger partial charge is 0.368 e. The third kappa shape index (κ3) is 3.25. The molecule has 0 aromatic carbocycles. The lowest BCUT2D eigenvalue weighted by molar-refractivity contribution is 0.254. The second kappa shape index (κ2) is 6.55. The number of fused-ring (bicyclic) bond motifs is 1. The summed E-state index contributed by atoms with van der Waals surface area (Å²) in [6.45, 7) is 1.89. The number of nitrogens with one attached hydrogen (secondary N) is 2. The van der Waals surface area contributed by atoms with Crippen molar-refractivity contribution in [1.82, 2.24) is 14.9 Å². The van der Waals surface area contributed by atoms with Gasteiger partial charge in [-0.2, -0.15) is 4.98 Å². The van der Waals surface area contributed by atoms with Crippen LogP contribution in [0.5, 0.6) is 0 Å². The molecule has 6 nitrogen and oxygen atoms in total. The number of nitrogens with two attached hydrogens (primary N) is 1. The molecule has 3 rings (SSSR count). The first-order valence-electron chi connectivity index (χ1n) is 7.44. The van der Waals surface area contributed by atoms with Crippen molar-refractivity contribution in [2.45, 2.75) is 31.7 Å². The van der Waals surface area contributed by atoms with Gasteiger partial charge < -0.3 is 10.2 Å². The van der Waals surface area contributed by atoms with Gasteiger partial charge in [0.2, 0.25) is 5.95 Å². The van der Waals surface area contributed by atoms with Crippen molar-refractivity contribution >= 4 is 33.3 Å². The lowest BCUT2D eigenvalue weighted by Crippen LogP contribution is -2.33. The van der Waals surface area contributed by atoms with Crippen molar-refractivity contribution in [1.29, 1.82) is 0 Å². The molecule has 114 valence electrons. The fourth-order valence-corrected chi connectivity index (χ4v) is 3.70. The van der Waals surface area contributed by atoms with E-state index in [1.165, 1.54) is 25.7 Å². The van der Waals surface area contributed by atoms with E-state index in [0.717, 1.165) is 35.2 Å². The van der Waals surface area contributed by atoms with E-state index in [0.29, 0.717) is 5.95 Å². The average molecular weight is 306 g/mol. The van der Waals surface area contributed by atoms with E-state index in [-0.39, 0.29) is 0 Å². The molecule has 7 heteroatoms. The molecule has 0 aliphatic heterocycles. The van der Waals surface area contributed by atoms with Gasteiger partial charge in [-0.25, -0.2) is 10.8 Å². The Morgan fingerprint density at radius 1 is 1.38 bits per heavy atom. The number of anilines is 2. The minimum Gasteiger partial charge on any atom is -0.368 e. The zero-order chi connectivity index (χ0) is 14.7. The normalized spacial score (nSPS) is 16.0. The standard InChI is InChI=1S/C14H22N6S/c1-20(10-4-2-3-5-10)8-7-16-12-11-6-9-21-13(11)18-14(17-12)19-15/h6,9-10H,2-5,7-8,15H2,1H3,(H2,16,17,18,19). The first-order valence-corrected chi connectivity index (χ1v) is 8.32. The fourth-order valence-electron chi connectivity index (χ4n) is 2.93. The van der Waals surface area contributed by atoms with E-state index >= 15 is 0 Å². The molecule has 2 aromatic rings. The predicted octanol–water partition coefficient (Wildman–Crippen LogP) is 2.26. The highest BCUT2D eigenvalue weighted by Crippen LogP contribution is 2.26. The summed E-state index contributed by atoms with van der Waals surface area (Å²) in [6, 6.07) is 2.79. The molecule has 0 amide bonds. The summed E-state index contributed by atoms with van der Waals surface area (Å²) in [5.74, 6) is 6.74. The first-order chi connectivity index (χ1) is 10.3. The Bertz CT molecular complexity index is 592. The van der Waals surface area contributed by atoms with Gasteiger partial charge in [-0.05, 0) is 31.3 Å². The van der Waals surface area contributed by atoms with Gasteiger partial charge in [0, 0.05) is 19.1 Å². The maximum Gasteiger partial charge on any atom is 0.240 e. The van der Waals surface area contributed by atoms with Gasteiger partial charge in [0.25, 0.3) is 0 Å². The maximum absolute atomic E-state index is 5.43. The van der Waals surface area contributed by atoms with Crippen molar-refractivity contribution in [2.75, 3.05) is 30.9 Å². The Hall–Kier alpha value is -1.44. The molecule has 2 heterocycles. The van der Waals surface area contributed by atoms with Crippen LogP contribution in [0.1, 0.15) is 25.7 Å². The Balaban J connectivity index is 1.63. The number of nitrogens with zero attached hydrogens (tertiary/aromatic N) is 3. The number of thiophene rings is 1. The van der Waals surface area contributed by atoms with Gasteiger partial charge in [0.1, 0.15) is 10.6 Å². The second-order valence-electron chi connectivity index (χ2n) is 5.53. The highest BCUT2D eigenvalue weighted by molar-refractivity contribution is 7.16. The molecule has 1 aliphatic rings. The van der Waals surface area contributed by atoms with Crippen LogP contribution < -0.4 is 16.6 Å². The summed E-state index contributed by atoms with van der Waals surface area (Å²) >= 11 is 1.59. The summed E-state index contributed by atoms with van der Waals surface area (Å²) in [5, 5.41) is 6.50. The molecule has 0 bridgehead atoms. The van der Waals surface area contributed by atoms with Gasteiger partial charge in [0.05, 0.1) is 5.39 Å². The molecule has 1 saturated carbocycles. The van der Waals surface area contributed by atoms with Crippen LogP contribution in [0, 0.1) is 0 Å². The highest BCUT2D eigenvalue weighted by Gasteiger charge is 2.19. The molecule has 1 aliphatic carbocycles. The van der Waals surface area contributed by atoms with E-state index in [1.807, 2.05) is 11.4 Å². The number of rotatable bonds is 6. The molecule has 2 aromatic heterocycles. The zero-order valence-electron chi connectivity index (χ0n) is 12.3. The molecule has 0 radical (unpaired) electrons. The van der Waals surface area contributed by atoms with E-state index in [2.05, 4.69) is 32.7 Å². The Labute approximate surface area is 128 Å². The molecule has 1 fully saturated rings. The quantitative estimate of drug-likeness (QED) is 0.561.